The predicted molar refractivity (Wildman–Crippen MR) is 151 cm³/mol. The molecule has 0 radical (unpaired) electrons. The van der Waals surface area contributed by atoms with Crippen molar-refractivity contribution in [2.75, 3.05) is 18.4 Å². The van der Waals surface area contributed by atoms with Gasteiger partial charge in [-0.1, -0.05) is 17.7 Å². The maximum absolute atomic E-state index is 14.6. The SMILES string of the molecule is Cc1cc(Nc2nc(CC3(C(=O)NNC(=O)OC(C)(C)C)CCN(C(=O)c4cccc(Cl)c4F)CC3)ccc2F)n[nH]1. The summed E-state index contributed by atoms with van der Waals surface area (Å²) in [5.41, 5.74) is 3.72. The van der Waals surface area contributed by atoms with Crippen LogP contribution in [0.25, 0.3) is 0 Å². The fraction of sp³-hybridized carbons (Fsp3) is 0.393. The quantitative estimate of drug-likeness (QED) is 0.296. The van der Waals surface area contributed by atoms with Gasteiger partial charge in [0.1, 0.15) is 5.60 Å². The van der Waals surface area contributed by atoms with Gasteiger partial charge in [-0.3, -0.25) is 20.1 Å². The Kier molecular flexibility index (Phi) is 9.00. The van der Waals surface area contributed by atoms with Gasteiger partial charge in [0.05, 0.1) is 16.0 Å². The minimum Gasteiger partial charge on any atom is -0.443 e. The largest absolute Gasteiger partial charge is 0.443 e. The van der Waals surface area contributed by atoms with Crippen molar-refractivity contribution in [2.45, 2.75) is 52.6 Å². The molecular weight excluding hydrogens is 572 g/mol. The highest BCUT2D eigenvalue weighted by Gasteiger charge is 2.43. The van der Waals surface area contributed by atoms with Gasteiger partial charge in [-0.05, 0) is 64.8 Å². The number of carbonyl (C=O) groups excluding carboxylic acids is 3. The van der Waals surface area contributed by atoms with Crippen LogP contribution >= 0.6 is 11.6 Å². The summed E-state index contributed by atoms with van der Waals surface area (Å²) < 4.78 is 34.4. The summed E-state index contributed by atoms with van der Waals surface area (Å²) in [7, 11) is 0. The molecular formula is C28H32ClF2N7O4. The molecule has 3 amide bonds. The molecule has 1 aliphatic heterocycles. The number of likely N-dealkylation sites (tertiary alicyclic amines) is 1. The van der Waals surface area contributed by atoms with Gasteiger partial charge < -0.3 is 15.0 Å². The number of piperidine rings is 1. The summed E-state index contributed by atoms with van der Waals surface area (Å²) in [5.74, 6) is -2.25. The highest BCUT2D eigenvalue weighted by Crippen LogP contribution is 2.36. The lowest BCUT2D eigenvalue weighted by molar-refractivity contribution is -0.134. The second-order valence-corrected chi connectivity index (χ2v) is 11.5. The third-order valence-electron chi connectivity index (χ3n) is 6.72. The van der Waals surface area contributed by atoms with Crippen molar-refractivity contribution in [1.82, 2.24) is 30.9 Å². The van der Waals surface area contributed by atoms with E-state index in [1.54, 1.807) is 33.8 Å². The summed E-state index contributed by atoms with van der Waals surface area (Å²) in [6.45, 7) is 7.04. The first-order valence-corrected chi connectivity index (χ1v) is 13.6. The van der Waals surface area contributed by atoms with E-state index >= 15 is 0 Å². The zero-order chi connectivity index (χ0) is 30.7. The zero-order valence-electron chi connectivity index (χ0n) is 23.6. The molecule has 224 valence electrons. The summed E-state index contributed by atoms with van der Waals surface area (Å²) >= 11 is 5.86. The number of nitrogens with zero attached hydrogens (tertiary/aromatic N) is 3. The van der Waals surface area contributed by atoms with Crippen molar-refractivity contribution in [3.8, 4) is 0 Å². The van der Waals surface area contributed by atoms with Gasteiger partial charge in [-0.2, -0.15) is 5.10 Å². The standard InChI is InChI=1S/C28H32ClF2N7O4/c1-16-14-21(35-34-16)33-23-20(30)9-8-17(32-23)15-28(25(40)36-37-26(41)42-27(2,3)4)10-12-38(13-11-28)24(39)18-6-5-7-19(29)22(18)31/h5-9,14H,10-13,15H2,1-4H3,(H,36,40)(H,37,41)(H2,32,33,34,35). The fourth-order valence-electron chi connectivity index (χ4n) is 4.62. The van der Waals surface area contributed by atoms with Gasteiger partial charge in [-0.15, -0.1) is 0 Å². The molecule has 4 rings (SSSR count). The van der Waals surface area contributed by atoms with Crippen LogP contribution in [-0.4, -0.2) is 56.7 Å². The number of hydrogen-bond donors (Lipinski definition) is 4. The lowest BCUT2D eigenvalue weighted by Gasteiger charge is -2.40. The zero-order valence-corrected chi connectivity index (χ0v) is 24.4. The molecule has 3 heterocycles. The van der Waals surface area contributed by atoms with Crippen LogP contribution in [0.4, 0.5) is 25.2 Å². The molecule has 0 spiro atoms. The Morgan fingerprint density at radius 3 is 2.48 bits per heavy atom. The molecule has 1 aromatic carbocycles. The Morgan fingerprint density at radius 2 is 1.83 bits per heavy atom. The summed E-state index contributed by atoms with van der Waals surface area (Å²) in [6, 6.07) is 8.56. The number of benzene rings is 1. The fourth-order valence-corrected chi connectivity index (χ4v) is 4.80. The van der Waals surface area contributed by atoms with Crippen LogP contribution in [0.2, 0.25) is 5.02 Å². The van der Waals surface area contributed by atoms with Crippen LogP contribution in [0, 0.1) is 24.0 Å². The average Bonchev–Trinajstić information content (AvgIpc) is 3.34. The van der Waals surface area contributed by atoms with Crippen molar-refractivity contribution in [2.24, 2.45) is 5.41 Å². The van der Waals surface area contributed by atoms with Crippen molar-refractivity contribution < 1.29 is 27.9 Å². The van der Waals surface area contributed by atoms with E-state index in [4.69, 9.17) is 16.3 Å². The van der Waals surface area contributed by atoms with Crippen LogP contribution in [0.1, 0.15) is 55.4 Å². The van der Waals surface area contributed by atoms with Crippen molar-refractivity contribution in [3.63, 3.8) is 0 Å². The van der Waals surface area contributed by atoms with E-state index in [0.29, 0.717) is 11.5 Å². The maximum atomic E-state index is 14.6. The van der Waals surface area contributed by atoms with Crippen LogP contribution in [-0.2, 0) is 16.0 Å². The average molecular weight is 604 g/mol. The lowest BCUT2D eigenvalue weighted by Crippen LogP contribution is -2.55. The highest BCUT2D eigenvalue weighted by atomic mass is 35.5. The number of hydrogen-bond acceptors (Lipinski definition) is 7. The number of amides is 3. The number of rotatable bonds is 6. The molecule has 0 atom stereocenters. The number of anilines is 2. The van der Waals surface area contributed by atoms with Crippen molar-refractivity contribution in [1.29, 1.82) is 0 Å². The number of aromatic nitrogens is 3. The lowest BCUT2D eigenvalue weighted by atomic mass is 9.73. The summed E-state index contributed by atoms with van der Waals surface area (Å²) in [5, 5.41) is 9.44. The normalized spacial score (nSPS) is 14.7. The Balaban J connectivity index is 1.56. The number of carbonyl (C=O) groups is 3. The molecule has 0 aliphatic carbocycles. The molecule has 4 N–H and O–H groups in total. The molecule has 14 heteroatoms. The maximum Gasteiger partial charge on any atom is 0.426 e. The van der Waals surface area contributed by atoms with Crippen LogP contribution in [0.3, 0.4) is 0 Å². The smallest absolute Gasteiger partial charge is 0.426 e. The molecule has 0 saturated carbocycles. The van der Waals surface area contributed by atoms with E-state index in [1.807, 2.05) is 0 Å². The number of halogens is 3. The van der Waals surface area contributed by atoms with E-state index < -0.39 is 40.6 Å². The van der Waals surface area contributed by atoms with E-state index in [0.717, 1.165) is 5.69 Å². The number of ether oxygens (including phenoxy) is 1. The monoisotopic (exact) mass is 603 g/mol. The Morgan fingerprint density at radius 1 is 1.12 bits per heavy atom. The first kappa shape index (κ1) is 30.7. The Bertz CT molecular complexity index is 1480. The number of hydrazine groups is 1. The van der Waals surface area contributed by atoms with Crippen molar-refractivity contribution >= 4 is 41.1 Å². The molecule has 0 unspecified atom stereocenters. The second kappa shape index (κ2) is 12.3. The third-order valence-corrected chi connectivity index (χ3v) is 7.02. The molecule has 42 heavy (non-hydrogen) atoms. The molecule has 3 aromatic rings. The van der Waals surface area contributed by atoms with Gasteiger partial charge in [0.2, 0.25) is 5.91 Å². The van der Waals surface area contributed by atoms with Crippen LogP contribution in [0.5, 0.6) is 0 Å². The Hall–Kier alpha value is -4.26. The van der Waals surface area contributed by atoms with E-state index in [-0.39, 0.29) is 48.8 Å². The number of aryl methyl sites for hydroxylation is 1. The van der Waals surface area contributed by atoms with E-state index in [1.165, 1.54) is 35.2 Å². The van der Waals surface area contributed by atoms with E-state index in [9.17, 15) is 23.2 Å². The molecule has 2 aromatic heterocycles. The number of aromatic amines is 1. The van der Waals surface area contributed by atoms with Gasteiger partial charge in [-0.25, -0.2) is 24.0 Å². The summed E-state index contributed by atoms with van der Waals surface area (Å²) in [6.07, 6.45) is -0.515. The first-order valence-electron chi connectivity index (χ1n) is 13.2. The number of H-pyrrole nitrogens is 1. The molecule has 1 aliphatic rings. The number of pyridine rings is 1. The van der Waals surface area contributed by atoms with E-state index in [2.05, 4.69) is 31.3 Å². The molecule has 1 saturated heterocycles. The van der Waals surface area contributed by atoms with Gasteiger partial charge in [0, 0.05) is 37.0 Å². The number of nitrogens with one attached hydrogen (secondary N) is 4. The Labute approximate surface area is 246 Å². The minimum absolute atomic E-state index is 0.0525. The van der Waals surface area contributed by atoms with Gasteiger partial charge in [0.25, 0.3) is 5.91 Å². The third kappa shape index (κ3) is 7.32. The van der Waals surface area contributed by atoms with Crippen LogP contribution < -0.4 is 16.2 Å². The molecule has 1 fully saturated rings. The van der Waals surface area contributed by atoms with Crippen molar-refractivity contribution in [3.05, 3.63) is 70.0 Å². The molecule has 11 nitrogen and oxygen atoms in total. The van der Waals surface area contributed by atoms with Gasteiger partial charge >= 0.3 is 6.09 Å². The minimum atomic E-state index is -1.16. The summed E-state index contributed by atoms with van der Waals surface area (Å²) in [4.78, 5) is 44.7. The first-order chi connectivity index (χ1) is 19.8. The van der Waals surface area contributed by atoms with Crippen LogP contribution in [0.15, 0.2) is 36.4 Å². The second-order valence-electron chi connectivity index (χ2n) is 11.1. The van der Waals surface area contributed by atoms with Gasteiger partial charge in [0.15, 0.2) is 23.3 Å². The topological polar surface area (TPSA) is 141 Å². The predicted octanol–water partition coefficient (Wildman–Crippen LogP) is 4.81. The molecule has 0 bridgehead atoms. The highest BCUT2D eigenvalue weighted by molar-refractivity contribution is 6.31.